The Morgan fingerprint density at radius 2 is 2.35 bits per heavy atom. The van der Waals surface area contributed by atoms with Crippen LogP contribution < -0.4 is 10.6 Å². The van der Waals surface area contributed by atoms with Crippen LogP contribution in [0.3, 0.4) is 0 Å². The maximum Gasteiger partial charge on any atom is 0.340 e. The molecule has 1 aliphatic carbocycles. The molecule has 0 bridgehead atoms. The molecule has 1 aromatic heterocycles. The number of nitrogen functional groups attached to an aromatic ring is 1. The number of esters is 1. The normalized spacial score (nSPS) is 14.5. The van der Waals surface area contributed by atoms with Gasteiger partial charge in [-0.3, -0.25) is 0 Å². The van der Waals surface area contributed by atoms with Crippen LogP contribution in [0.15, 0.2) is 12.3 Å². The largest absolute Gasteiger partial charge is 0.462 e. The van der Waals surface area contributed by atoms with Crippen molar-refractivity contribution in [2.45, 2.75) is 25.8 Å². The molecular formula is C12H17N3O2. The monoisotopic (exact) mass is 235 g/mol. The van der Waals surface area contributed by atoms with E-state index in [4.69, 9.17) is 10.5 Å². The number of hydrogen-bond acceptors (Lipinski definition) is 5. The topological polar surface area (TPSA) is 68.5 Å². The fourth-order valence-electron chi connectivity index (χ4n) is 1.76. The zero-order valence-electron chi connectivity index (χ0n) is 10.1. The molecule has 0 aliphatic heterocycles. The number of aromatic nitrogens is 1. The first kappa shape index (κ1) is 11.7. The van der Waals surface area contributed by atoms with Crippen LogP contribution >= 0.6 is 0 Å². The fourth-order valence-corrected chi connectivity index (χ4v) is 1.76. The lowest BCUT2D eigenvalue weighted by Crippen LogP contribution is -2.23. The van der Waals surface area contributed by atoms with Gasteiger partial charge in [-0.2, -0.15) is 0 Å². The van der Waals surface area contributed by atoms with Crippen molar-refractivity contribution in [2.24, 2.45) is 0 Å². The quantitative estimate of drug-likeness (QED) is 0.800. The first-order chi connectivity index (χ1) is 8.15. The third kappa shape index (κ3) is 2.33. The van der Waals surface area contributed by atoms with E-state index < -0.39 is 5.97 Å². The molecule has 0 atom stereocenters. The molecule has 5 heteroatoms. The molecule has 1 aliphatic rings. The molecule has 17 heavy (non-hydrogen) atoms. The minimum atomic E-state index is -0.391. The van der Waals surface area contributed by atoms with E-state index in [1.165, 1.54) is 0 Å². The zero-order valence-corrected chi connectivity index (χ0v) is 10.1. The van der Waals surface area contributed by atoms with Gasteiger partial charge in [0.25, 0.3) is 0 Å². The van der Waals surface area contributed by atoms with E-state index in [2.05, 4.69) is 4.98 Å². The van der Waals surface area contributed by atoms with Crippen molar-refractivity contribution in [1.29, 1.82) is 0 Å². The number of ether oxygens (including phenoxy) is 1. The average molecular weight is 235 g/mol. The highest BCUT2D eigenvalue weighted by Crippen LogP contribution is 2.33. The van der Waals surface area contributed by atoms with E-state index in [1.807, 2.05) is 11.9 Å². The van der Waals surface area contributed by atoms with Gasteiger partial charge in [0.1, 0.15) is 0 Å². The van der Waals surface area contributed by atoms with Crippen LogP contribution in [-0.2, 0) is 4.74 Å². The predicted octanol–water partition coefficient (Wildman–Crippen LogP) is 1.44. The minimum Gasteiger partial charge on any atom is -0.462 e. The number of carbonyl (C=O) groups is 1. The lowest BCUT2D eigenvalue weighted by molar-refractivity contribution is 0.0527. The van der Waals surface area contributed by atoms with Gasteiger partial charge in [0.2, 0.25) is 0 Å². The summed E-state index contributed by atoms with van der Waals surface area (Å²) >= 11 is 0. The van der Waals surface area contributed by atoms with Crippen LogP contribution in [0, 0.1) is 0 Å². The Morgan fingerprint density at radius 3 is 2.94 bits per heavy atom. The van der Waals surface area contributed by atoms with E-state index in [0.717, 1.165) is 12.8 Å². The summed E-state index contributed by atoms with van der Waals surface area (Å²) in [6.07, 6.45) is 3.90. The molecule has 0 saturated heterocycles. The number of pyridine rings is 1. The van der Waals surface area contributed by atoms with Gasteiger partial charge in [-0.05, 0) is 25.8 Å². The number of hydrogen-bond donors (Lipinski definition) is 1. The molecule has 0 amide bonds. The summed E-state index contributed by atoms with van der Waals surface area (Å²) in [5.41, 5.74) is 6.77. The molecule has 1 fully saturated rings. The summed E-state index contributed by atoms with van der Waals surface area (Å²) in [7, 11) is 1.95. The maximum absolute atomic E-state index is 11.7. The molecule has 1 aromatic rings. The Morgan fingerprint density at radius 1 is 1.65 bits per heavy atom. The SMILES string of the molecule is CCOC(=O)c1ccnc(N(C)C2CC2)c1N. The smallest absolute Gasteiger partial charge is 0.340 e. The molecule has 92 valence electrons. The van der Waals surface area contributed by atoms with Crippen molar-refractivity contribution in [1.82, 2.24) is 4.98 Å². The second kappa shape index (κ2) is 4.61. The second-order valence-corrected chi connectivity index (χ2v) is 4.16. The highest BCUT2D eigenvalue weighted by atomic mass is 16.5. The van der Waals surface area contributed by atoms with Gasteiger partial charge in [-0.1, -0.05) is 0 Å². The van der Waals surface area contributed by atoms with E-state index in [9.17, 15) is 4.79 Å². The molecule has 0 aromatic carbocycles. The summed E-state index contributed by atoms with van der Waals surface area (Å²) in [6, 6.07) is 2.10. The van der Waals surface area contributed by atoms with E-state index >= 15 is 0 Å². The summed E-state index contributed by atoms with van der Waals surface area (Å²) in [5.74, 6) is 0.274. The van der Waals surface area contributed by atoms with Crippen LogP contribution in [0.2, 0.25) is 0 Å². The van der Waals surface area contributed by atoms with Gasteiger partial charge < -0.3 is 15.4 Å². The first-order valence-electron chi connectivity index (χ1n) is 5.79. The number of nitrogens with zero attached hydrogens (tertiary/aromatic N) is 2. The molecular weight excluding hydrogens is 218 g/mol. The standard InChI is InChI=1S/C12H17N3O2/c1-3-17-12(16)9-6-7-14-11(10(9)13)15(2)8-4-5-8/h6-8H,3-5,13H2,1-2H3. The van der Waals surface area contributed by atoms with Crippen LogP contribution in [0.5, 0.6) is 0 Å². The first-order valence-corrected chi connectivity index (χ1v) is 5.79. The molecule has 1 saturated carbocycles. The lowest BCUT2D eigenvalue weighted by atomic mass is 10.2. The number of carbonyl (C=O) groups excluding carboxylic acids is 1. The van der Waals surface area contributed by atoms with Crippen molar-refractivity contribution in [3.05, 3.63) is 17.8 Å². The minimum absolute atomic E-state index is 0.342. The van der Waals surface area contributed by atoms with Crippen molar-refractivity contribution in [3.8, 4) is 0 Å². The second-order valence-electron chi connectivity index (χ2n) is 4.16. The predicted molar refractivity (Wildman–Crippen MR) is 66.0 cm³/mol. The average Bonchev–Trinajstić information content (AvgIpc) is 3.12. The van der Waals surface area contributed by atoms with Crippen molar-refractivity contribution >= 4 is 17.5 Å². The van der Waals surface area contributed by atoms with Gasteiger partial charge >= 0.3 is 5.97 Å². The van der Waals surface area contributed by atoms with Crippen LogP contribution in [0.1, 0.15) is 30.1 Å². The van der Waals surface area contributed by atoms with Crippen molar-refractivity contribution < 1.29 is 9.53 Å². The maximum atomic E-state index is 11.7. The molecule has 2 N–H and O–H groups in total. The third-order valence-electron chi connectivity index (χ3n) is 2.89. The molecule has 5 nitrogen and oxygen atoms in total. The number of nitrogens with two attached hydrogens (primary N) is 1. The summed E-state index contributed by atoms with van der Waals surface area (Å²) in [5, 5.41) is 0. The Bertz CT molecular complexity index is 430. The summed E-state index contributed by atoms with van der Waals surface area (Å²) in [4.78, 5) is 17.9. The highest BCUT2D eigenvalue weighted by Gasteiger charge is 2.29. The Balaban J connectivity index is 2.28. The van der Waals surface area contributed by atoms with Gasteiger partial charge in [-0.25, -0.2) is 9.78 Å². The van der Waals surface area contributed by atoms with Crippen LogP contribution in [0.25, 0.3) is 0 Å². The van der Waals surface area contributed by atoms with Crippen molar-refractivity contribution in [2.75, 3.05) is 24.3 Å². The molecule has 0 radical (unpaired) electrons. The molecule has 1 heterocycles. The molecule has 2 rings (SSSR count). The Kier molecular flexibility index (Phi) is 3.17. The third-order valence-corrected chi connectivity index (χ3v) is 2.89. The molecule has 0 unspecified atom stereocenters. The van der Waals surface area contributed by atoms with Gasteiger partial charge in [-0.15, -0.1) is 0 Å². The van der Waals surface area contributed by atoms with Gasteiger partial charge in [0.15, 0.2) is 5.82 Å². The van der Waals surface area contributed by atoms with E-state index in [-0.39, 0.29) is 0 Å². The van der Waals surface area contributed by atoms with E-state index in [1.54, 1.807) is 19.2 Å². The Hall–Kier alpha value is -1.78. The highest BCUT2D eigenvalue weighted by molar-refractivity contribution is 5.97. The van der Waals surface area contributed by atoms with E-state index in [0.29, 0.717) is 29.7 Å². The van der Waals surface area contributed by atoms with Gasteiger partial charge in [0, 0.05) is 19.3 Å². The van der Waals surface area contributed by atoms with Crippen molar-refractivity contribution in [3.63, 3.8) is 0 Å². The fraction of sp³-hybridized carbons (Fsp3) is 0.500. The molecule has 0 spiro atoms. The summed E-state index contributed by atoms with van der Waals surface area (Å²) < 4.78 is 4.95. The number of anilines is 2. The van der Waals surface area contributed by atoms with Gasteiger partial charge in [0.05, 0.1) is 17.9 Å². The zero-order chi connectivity index (χ0) is 12.4. The Labute approximate surface area is 101 Å². The summed E-state index contributed by atoms with van der Waals surface area (Å²) in [6.45, 7) is 2.11. The lowest BCUT2D eigenvalue weighted by Gasteiger charge is -2.20. The number of rotatable bonds is 4. The van der Waals surface area contributed by atoms with Crippen LogP contribution in [-0.4, -0.2) is 30.6 Å². The van der Waals surface area contributed by atoms with Crippen LogP contribution in [0.4, 0.5) is 11.5 Å².